The Kier molecular flexibility index (Phi) is 3.92. The third-order valence-corrected chi connectivity index (χ3v) is 4.52. The molecule has 0 aromatic carbocycles. The van der Waals surface area contributed by atoms with Crippen molar-refractivity contribution in [1.82, 2.24) is 0 Å². The van der Waals surface area contributed by atoms with Crippen molar-refractivity contribution in [1.29, 1.82) is 0 Å². The highest BCUT2D eigenvalue weighted by Crippen LogP contribution is 2.60. The number of carbonyl (C=O) groups is 1. The van der Waals surface area contributed by atoms with Crippen LogP contribution in [0.5, 0.6) is 0 Å². The lowest BCUT2D eigenvalue weighted by Gasteiger charge is -2.49. The fraction of sp³-hybridized carbons (Fsp3) is 0.786. The molecule has 1 unspecified atom stereocenters. The number of ether oxygens (including phenoxy) is 1. The van der Waals surface area contributed by atoms with Crippen LogP contribution in [0.4, 0.5) is 0 Å². The van der Waals surface area contributed by atoms with Crippen LogP contribution in [0.3, 0.4) is 0 Å². The van der Waals surface area contributed by atoms with Crippen LogP contribution in [0, 0.1) is 27.4 Å². The van der Waals surface area contributed by atoms with E-state index in [0.717, 1.165) is 19.3 Å². The summed E-state index contributed by atoms with van der Waals surface area (Å²) in [5, 5.41) is 10.9. The first kappa shape index (κ1) is 14.0. The van der Waals surface area contributed by atoms with Gasteiger partial charge in [-0.2, -0.15) is 0 Å². The molecule has 0 radical (unpaired) electrons. The number of esters is 1. The summed E-state index contributed by atoms with van der Waals surface area (Å²) in [5.74, 6) is 0.391. The molecule has 0 spiro atoms. The molecule has 0 bridgehead atoms. The van der Waals surface area contributed by atoms with Gasteiger partial charge in [-0.3, -0.25) is 14.9 Å². The lowest BCUT2D eigenvalue weighted by molar-refractivity contribution is -0.505. The highest BCUT2D eigenvalue weighted by Gasteiger charge is 2.58. The Morgan fingerprint density at radius 2 is 2.32 bits per heavy atom. The number of fused-ring (bicyclic) bond motifs is 1. The number of nitro groups is 1. The van der Waals surface area contributed by atoms with E-state index in [9.17, 15) is 14.9 Å². The molecule has 2 aliphatic rings. The number of carbonyl (C=O) groups excluding carboxylic acids is 1. The molecule has 0 saturated heterocycles. The minimum absolute atomic E-state index is 0.125. The van der Waals surface area contributed by atoms with E-state index in [1.54, 1.807) is 6.92 Å². The Labute approximate surface area is 113 Å². The first-order chi connectivity index (χ1) is 9.00. The van der Waals surface area contributed by atoms with Crippen LogP contribution in [0.25, 0.3) is 0 Å². The van der Waals surface area contributed by atoms with E-state index in [-0.39, 0.29) is 29.8 Å². The van der Waals surface area contributed by atoms with Crippen molar-refractivity contribution in [3.8, 4) is 0 Å². The number of rotatable bonds is 6. The van der Waals surface area contributed by atoms with Gasteiger partial charge in [-0.15, -0.1) is 0 Å². The van der Waals surface area contributed by atoms with Gasteiger partial charge in [-0.1, -0.05) is 18.6 Å². The van der Waals surface area contributed by atoms with Crippen molar-refractivity contribution in [2.75, 3.05) is 13.2 Å². The predicted molar refractivity (Wildman–Crippen MR) is 70.1 cm³/mol. The molecule has 3 atom stereocenters. The van der Waals surface area contributed by atoms with Gasteiger partial charge in [0.25, 0.3) is 0 Å². The Balaban J connectivity index is 2.12. The zero-order valence-corrected chi connectivity index (χ0v) is 11.6. The zero-order valence-electron chi connectivity index (χ0n) is 11.6. The van der Waals surface area contributed by atoms with Crippen LogP contribution < -0.4 is 0 Å². The monoisotopic (exact) mass is 267 g/mol. The molecule has 1 fully saturated rings. The summed E-state index contributed by atoms with van der Waals surface area (Å²) in [7, 11) is 0. The highest BCUT2D eigenvalue weighted by atomic mass is 16.6. The van der Waals surface area contributed by atoms with E-state index in [1.165, 1.54) is 5.57 Å². The molecule has 0 amide bonds. The first-order valence-corrected chi connectivity index (χ1v) is 6.97. The maximum Gasteiger partial charge on any atom is 0.306 e. The maximum atomic E-state index is 11.7. The molecular weight excluding hydrogens is 246 g/mol. The summed E-state index contributed by atoms with van der Waals surface area (Å²) in [6.07, 6.45) is 5.18. The van der Waals surface area contributed by atoms with Crippen LogP contribution in [0.2, 0.25) is 0 Å². The number of hydrogen-bond acceptors (Lipinski definition) is 4. The fourth-order valence-electron chi connectivity index (χ4n) is 3.73. The highest BCUT2D eigenvalue weighted by molar-refractivity contribution is 5.70. The lowest BCUT2D eigenvalue weighted by atomic mass is 9.53. The molecule has 2 aliphatic carbocycles. The average molecular weight is 267 g/mol. The maximum absolute atomic E-state index is 11.7. The SMILES string of the molecule is CCOC(=O)CC1(C[N+](=O)[O-])C[C@@H]2CC(CC)=C[C@@H]21. The summed E-state index contributed by atoms with van der Waals surface area (Å²) in [6.45, 7) is 4.07. The van der Waals surface area contributed by atoms with Gasteiger partial charge < -0.3 is 4.74 Å². The van der Waals surface area contributed by atoms with Crippen molar-refractivity contribution in [2.45, 2.75) is 39.5 Å². The van der Waals surface area contributed by atoms with Crippen LogP contribution in [-0.4, -0.2) is 24.0 Å². The van der Waals surface area contributed by atoms with Gasteiger partial charge in [0.15, 0.2) is 0 Å². The summed E-state index contributed by atoms with van der Waals surface area (Å²) < 4.78 is 4.97. The Morgan fingerprint density at radius 3 is 2.89 bits per heavy atom. The van der Waals surface area contributed by atoms with Gasteiger partial charge in [0.05, 0.1) is 18.4 Å². The second-order valence-electron chi connectivity index (χ2n) is 5.71. The number of hydrogen-bond donors (Lipinski definition) is 0. The smallest absolute Gasteiger partial charge is 0.306 e. The summed E-state index contributed by atoms with van der Waals surface area (Å²) >= 11 is 0. The van der Waals surface area contributed by atoms with Crippen LogP contribution in [0.15, 0.2) is 11.6 Å². The van der Waals surface area contributed by atoms with Crippen LogP contribution >= 0.6 is 0 Å². The third kappa shape index (κ3) is 2.65. The number of allylic oxidation sites excluding steroid dienone is 2. The molecular formula is C14H21NO4. The zero-order chi connectivity index (χ0) is 14.0. The van der Waals surface area contributed by atoms with Gasteiger partial charge in [-0.05, 0) is 38.0 Å². The second kappa shape index (κ2) is 5.31. The quantitative estimate of drug-likeness (QED) is 0.321. The van der Waals surface area contributed by atoms with Gasteiger partial charge >= 0.3 is 5.97 Å². The molecule has 0 heterocycles. The lowest BCUT2D eigenvalue weighted by Crippen LogP contribution is -2.51. The standard InChI is InChI=1S/C14H21NO4/c1-3-10-5-11-7-14(9-15(17)18,12(11)6-10)8-13(16)19-4-2/h6,11-12H,3-5,7-9H2,1-2H3/t11-,12-,14?/m0/s1. The van der Waals surface area contributed by atoms with Crippen molar-refractivity contribution < 1.29 is 14.5 Å². The van der Waals surface area contributed by atoms with Crippen molar-refractivity contribution in [2.24, 2.45) is 17.3 Å². The minimum Gasteiger partial charge on any atom is -0.466 e. The predicted octanol–water partition coefficient (Wildman–Crippen LogP) is 2.58. The topological polar surface area (TPSA) is 69.4 Å². The third-order valence-electron chi connectivity index (χ3n) is 4.52. The van der Waals surface area contributed by atoms with Crippen molar-refractivity contribution >= 4 is 5.97 Å². The molecule has 0 N–H and O–H groups in total. The van der Waals surface area contributed by atoms with Crippen LogP contribution in [0.1, 0.15) is 39.5 Å². The second-order valence-corrected chi connectivity index (χ2v) is 5.71. The van der Waals surface area contributed by atoms with E-state index >= 15 is 0 Å². The molecule has 0 aromatic heterocycles. The van der Waals surface area contributed by atoms with Crippen LogP contribution in [-0.2, 0) is 9.53 Å². The first-order valence-electron chi connectivity index (χ1n) is 6.97. The van der Waals surface area contributed by atoms with E-state index in [2.05, 4.69) is 13.0 Å². The minimum atomic E-state index is -0.503. The van der Waals surface area contributed by atoms with Gasteiger partial charge in [-0.25, -0.2) is 0 Å². The van der Waals surface area contributed by atoms with Gasteiger partial charge in [0.2, 0.25) is 6.54 Å². The molecule has 19 heavy (non-hydrogen) atoms. The fourth-order valence-corrected chi connectivity index (χ4v) is 3.73. The van der Waals surface area contributed by atoms with E-state index < -0.39 is 5.41 Å². The largest absolute Gasteiger partial charge is 0.466 e. The molecule has 106 valence electrons. The molecule has 0 aromatic rings. The average Bonchev–Trinajstić information content (AvgIpc) is 2.66. The molecule has 1 saturated carbocycles. The normalized spacial score (nSPS) is 32.2. The van der Waals surface area contributed by atoms with Gasteiger partial charge in [0, 0.05) is 4.92 Å². The van der Waals surface area contributed by atoms with E-state index in [4.69, 9.17) is 4.74 Å². The van der Waals surface area contributed by atoms with Crippen molar-refractivity contribution in [3.63, 3.8) is 0 Å². The van der Waals surface area contributed by atoms with Crippen molar-refractivity contribution in [3.05, 3.63) is 21.8 Å². The Hall–Kier alpha value is -1.39. The summed E-state index contributed by atoms with van der Waals surface area (Å²) in [5.41, 5.74) is 0.876. The van der Waals surface area contributed by atoms with Gasteiger partial charge in [0.1, 0.15) is 0 Å². The molecule has 0 aliphatic heterocycles. The Bertz CT molecular complexity index is 418. The number of nitrogens with zero attached hydrogens (tertiary/aromatic N) is 1. The molecule has 5 heteroatoms. The summed E-state index contributed by atoms with van der Waals surface area (Å²) in [6, 6.07) is 0. The Morgan fingerprint density at radius 1 is 1.58 bits per heavy atom. The summed E-state index contributed by atoms with van der Waals surface area (Å²) in [4.78, 5) is 22.3. The van der Waals surface area contributed by atoms with E-state index in [1.807, 2.05) is 0 Å². The van der Waals surface area contributed by atoms with E-state index in [0.29, 0.717) is 12.5 Å². The molecule has 5 nitrogen and oxygen atoms in total. The molecule has 2 rings (SSSR count).